The minimum atomic E-state index is -0.0481. The summed E-state index contributed by atoms with van der Waals surface area (Å²) in [6.07, 6.45) is 2.63. The number of likely N-dealkylation sites (N-methyl/N-ethyl adjacent to an activating group) is 1. The molecule has 86 valence electrons. The first kappa shape index (κ1) is 10.9. The topological polar surface area (TPSA) is 62.5 Å². The second-order valence-corrected chi connectivity index (χ2v) is 4.08. The lowest BCUT2D eigenvalue weighted by atomic mass is 10.2. The molecule has 1 aliphatic rings. The molecule has 0 amide bonds. The van der Waals surface area contributed by atoms with Gasteiger partial charge in [-0.25, -0.2) is 4.98 Å². The lowest BCUT2D eigenvalue weighted by molar-refractivity contribution is -0.112. The molecule has 0 aliphatic carbocycles. The van der Waals surface area contributed by atoms with Crippen LogP contribution in [-0.2, 0) is 4.79 Å². The Kier molecular flexibility index (Phi) is 3.05. The van der Waals surface area contributed by atoms with Gasteiger partial charge in [-0.2, -0.15) is 0 Å². The van der Waals surface area contributed by atoms with Crippen molar-refractivity contribution in [3.63, 3.8) is 0 Å². The highest BCUT2D eigenvalue weighted by atomic mass is 16.1. The summed E-state index contributed by atoms with van der Waals surface area (Å²) in [6.45, 7) is 2.45. The third-order valence-corrected chi connectivity index (χ3v) is 2.95. The molecule has 1 saturated heterocycles. The fourth-order valence-corrected chi connectivity index (χ4v) is 1.84. The van der Waals surface area contributed by atoms with Crippen molar-refractivity contribution < 1.29 is 4.79 Å². The summed E-state index contributed by atoms with van der Waals surface area (Å²) in [5, 5.41) is 0. The van der Waals surface area contributed by atoms with E-state index < -0.39 is 0 Å². The average Bonchev–Trinajstić information content (AvgIpc) is 2.31. The second kappa shape index (κ2) is 4.49. The van der Waals surface area contributed by atoms with Crippen LogP contribution in [0.3, 0.4) is 0 Å². The monoisotopic (exact) mass is 220 g/mol. The van der Waals surface area contributed by atoms with Crippen LogP contribution in [0.1, 0.15) is 0 Å². The Hall–Kier alpha value is -1.62. The summed E-state index contributed by atoms with van der Waals surface area (Å²) in [7, 11) is 1.97. The normalized spacial score (nSPS) is 22.1. The predicted molar refractivity (Wildman–Crippen MR) is 63.3 cm³/mol. The van der Waals surface area contributed by atoms with Gasteiger partial charge in [0.2, 0.25) is 0 Å². The minimum absolute atomic E-state index is 0.0481. The molecule has 1 atom stereocenters. The lowest BCUT2D eigenvalue weighted by Crippen LogP contribution is -2.52. The highest BCUT2D eigenvalue weighted by Gasteiger charge is 2.24. The predicted octanol–water partition coefficient (Wildman–Crippen LogP) is -0.0169. The number of hydrogen-bond donors (Lipinski definition) is 1. The van der Waals surface area contributed by atoms with E-state index in [9.17, 15) is 4.79 Å². The molecular weight excluding hydrogens is 204 g/mol. The summed E-state index contributed by atoms with van der Waals surface area (Å²) in [5.41, 5.74) is 6.24. The van der Waals surface area contributed by atoms with Crippen LogP contribution >= 0.6 is 0 Å². The molecule has 2 heterocycles. The smallest absolute Gasteiger partial charge is 0.138 e. The molecule has 5 heteroatoms. The first-order chi connectivity index (χ1) is 7.70. The van der Waals surface area contributed by atoms with E-state index >= 15 is 0 Å². The number of hydrogen-bond acceptors (Lipinski definition) is 5. The van der Waals surface area contributed by atoms with Gasteiger partial charge in [0.15, 0.2) is 0 Å². The van der Waals surface area contributed by atoms with E-state index in [1.807, 2.05) is 19.2 Å². The van der Waals surface area contributed by atoms with Crippen molar-refractivity contribution in [1.82, 2.24) is 9.88 Å². The maximum absolute atomic E-state index is 10.9. The van der Waals surface area contributed by atoms with Crippen molar-refractivity contribution in [2.45, 2.75) is 6.04 Å². The lowest BCUT2D eigenvalue weighted by Gasteiger charge is -2.37. The Bertz CT molecular complexity index is 365. The fraction of sp³-hybridized carbons (Fsp3) is 0.455. The summed E-state index contributed by atoms with van der Waals surface area (Å²) in [4.78, 5) is 19.3. The zero-order chi connectivity index (χ0) is 11.5. The van der Waals surface area contributed by atoms with Crippen LogP contribution in [0.5, 0.6) is 0 Å². The number of nitrogen functional groups attached to an aromatic ring is 1. The quantitative estimate of drug-likeness (QED) is 0.710. The number of anilines is 2. The van der Waals surface area contributed by atoms with Crippen LogP contribution in [0.25, 0.3) is 0 Å². The number of aldehydes is 1. The van der Waals surface area contributed by atoms with Gasteiger partial charge in [-0.3, -0.25) is 4.90 Å². The van der Waals surface area contributed by atoms with Gasteiger partial charge < -0.3 is 15.4 Å². The number of carbonyl (C=O) groups is 1. The largest absolute Gasteiger partial charge is 0.397 e. The number of aromatic nitrogens is 1. The SMILES string of the molecule is CN1CCN(c2ccc(N)cn2)CC1C=O. The van der Waals surface area contributed by atoms with Gasteiger partial charge >= 0.3 is 0 Å². The van der Waals surface area contributed by atoms with Gasteiger partial charge in [0.05, 0.1) is 17.9 Å². The van der Waals surface area contributed by atoms with Gasteiger partial charge in [0.25, 0.3) is 0 Å². The van der Waals surface area contributed by atoms with Gasteiger partial charge in [0.1, 0.15) is 12.1 Å². The van der Waals surface area contributed by atoms with Crippen LogP contribution < -0.4 is 10.6 Å². The molecule has 1 fully saturated rings. The summed E-state index contributed by atoms with van der Waals surface area (Å²) in [5.74, 6) is 0.883. The van der Waals surface area contributed by atoms with Gasteiger partial charge in [-0.1, -0.05) is 0 Å². The average molecular weight is 220 g/mol. The number of nitrogens with zero attached hydrogens (tertiary/aromatic N) is 3. The van der Waals surface area contributed by atoms with Crippen molar-refractivity contribution in [3.05, 3.63) is 18.3 Å². The van der Waals surface area contributed by atoms with Gasteiger partial charge in [-0.05, 0) is 19.2 Å². The molecule has 0 aromatic carbocycles. The Morgan fingerprint density at radius 3 is 2.94 bits per heavy atom. The van der Waals surface area contributed by atoms with E-state index in [0.29, 0.717) is 12.2 Å². The summed E-state index contributed by atoms with van der Waals surface area (Å²) >= 11 is 0. The van der Waals surface area contributed by atoms with E-state index in [1.54, 1.807) is 6.20 Å². The Labute approximate surface area is 94.9 Å². The van der Waals surface area contributed by atoms with E-state index in [4.69, 9.17) is 5.73 Å². The highest BCUT2D eigenvalue weighted by Crippen LogP contribution is 2.16. The maximum Gasteiger partial charge on any atom is 0.138 e. The Morgan fingerprint density at radius 1 is 1.50 bits per heavy atom. The standard InChI is InChI=1S/C11H16N4O/c1-14-4-5-15(7-10(14)8-16)11-3-2-9(12)6-13-11/h2-3,6,8,10H,4-5,7,12H2,1H3. The van der Waals surface area contributed by atoms with Crippen molar-refractivity contribution in [2.24, 2.45) is 0 Å². The number of carbonyl (C=O) groups excluding carboxylic acids is 1. The highest BCUT2D eigenvalue weighted by molar-refractivity contribution is 5.60. The van der Waals surface area contributed by atoms with Crippen LogP contribution in [-0.4, -0.2) is 48.9 Å². The Balaban J connectivity index is 2.11. The molecule has 5 nitrogen and oxygen atoms in total. The van der Waals surface area contributed by atoms with E-state index in [1.165, 1.54) is 0 Å². The molecule has 2 rings (SSSR count). The molecule has 1 aromatic rings. The van der Waals surface area contributed by atoms with Crippen LogP contribution in [0.15, 0.2) is 18.3 Å². The summed E-state index contributed by atoms with van der Waals surface area (Å²) in [6, 6.07) is 3.67. The van der Waals surface area contributed by atoms with Crippen molar-refractivity contribution >= 4 is 17.8 Å². The van der Waals surface area contributed by atoms with Crippen LogP contribution in [0.2, 0.25) is 0 Å². The Morgan fingerprint density at radius 2 is 2.31 bits per heavy atom. The molecule has 1 aromatic heterocycles. The number of rotatable bonds is 2. The molecule has 0 radical (unpaired) electrons. The third-order valence-electron chi connectivity index (χ3n) is 2.95. The molecule has 16 heavy (non-hydrogen) atoms. The minimum Gasteiger partial charge on any atom is -0.397 e. The molecule has 2 N–H and O–H groups in total. The molecule has 1 unspecified atom stereocenters. The molecule has 0 saturated carbocycles. The van der Waals surface area contributed by atoms with Gasteiger partial charge in [0, 0.05) is 19.6 Å². The first-order valence-electron chi connectivity index (χ1n) is 5.32. The van der Waals surface area contributed by atoms with Crippen LogP contribution in [0, 0.1) is 0 Å². The van der Waals surface area contributed by atoms with E-state index in [2.05, 4.69) is 14.8 Å². The number of piperazine rings is 1. The number of nitrogens with two attached hydrogens (primary N) is 1. The number of pyridine rings is 1. The zero-order valence-corrected chi connectivity index (χ0v) is 9.34. The second-order valence-electron chi connectivity index (χ2n) is 4.08. The zero-order valence-electron chi connectivity index (χ0n) is 9.34. The maximum atomic E-state index is 10.9. The van der Waals surface area contributed by atoms with E-state index in [-0.39, 0.29) is 6.04 Å². The van der Waals surface area contributed by atoms with Crippen molar-refractivity contribution in [3.8, 4) is 0 Å². The molecule has 1 aliphatic heterocycles. The van der Waals surface area contributed by atoms with Crippen molar-refractivity contribution in [2.75, 3.05) is 37.3 Å². The van der Waals surface area contributed by atoms with Crippen LogP contribution in [0.4, 0.5) is 11.5 Å². The first-order valence-corrected chi connectivity index (χ1v) is 5.32. The molecular formula is C11H16N4O. The van der Waals surface area contributed by atoms with E-state index in [0.717, 1.165) is 25.2 Å². The molecule has 0 spiro atoms. The van der Waals surface area contributed by atoms with Gasteiger partial charge in [-0.15, -0.1) is 0 Å². The van der Waals surface area contributed by atoms with Crippen molar-refractivity contribution in [1.29, 1.82) is 0 Å². The summed E-state index contributed by atoms with van der Waals surface area (Å²) < 4.78 is 0. The molecule has 0 bridgehead atoms. The third kappa shape index (κ3) is 2.14. The fourth-order valence-electron chi connectivity index (χ4n) is 1.84.